The Morgan fingerprint density at radius 2 is 1.72 bits per heavy atom. The van der Waals surface area contributed by atoms with Gasteiger partial charge in [0.2, 0.25) is 5.91 Å². The molecule has 2 aromatic carbocycles. The lowest BCUT2D eigenvalue weighted by molar-refractivity contribution is -0.139. The normalized spacial score (nSPS) is 22.2. The number of anilines is 1. The Balaban J connectivity index is 1.69. The molecule has 1 N–H and O–H groups in total. The van der Waals surface area contributed by atoms with Crippen LogP contribution in [-0.4, -0.2) is 37.7 Å². The molecule has 1 saturated carbocycles. The molecular weight excluding hydrogens is 443 g/mol. The number of para-hydroxylation sites is 1. The number of sulfone groups is 1. The molecule has 6 nitrogen and oxygen atoms in total. The summed E-state index contributed by atoms with van der Waals surface area (Å²) >= 11 is 0. The molecule has 0 aromatic heterocycles. The zero-order valence-corrected chi connectivity index (χ0v) is 17.7. The molecule has 0 radical (unpaired) electrons. The first-order valence-electron chi connectivity index (χ1n) is 10.0. The molecule has 0 spiro atoms. The number of alkyl halides is 3. The van der Waals surface area contributed by atoms with Crippen molar-refractivity contribution in [3.63, 3.8) is 0 Å². The molecule has 32 heavy (non-hydrogen) atoms. The maximum atomic E-state index is 13.5. The highest BCUT2D eigenvalue weighted by atomic mass is 32.2. The van der Waals surface area contributed by atoms with Gasteiger partial charge in [0.25, 0.3) is 0 Å². The van der Waals surface area contributed by atoms with Crippen LogP contribution in [-0.2, 0) is 20.8 Å². The van der Waals surface area contributed by atoms with E-state index in [1.54, 1.807) is 35.2 Å². The summed E-state index contributed by atoms with van der Waals surface area (Å²) in [5.74, 6) is -0.505. The molecule has 1 aliphatic carbocycles. The van der Waals surface area contributed by atoms with Gasteiger partial charge in [-0.3, -0.25) is 4.79 Å². The Kier molecular flexibility index (Phi) is 5.41. The van der Waals surface area contributed by atoms with Gasteiger partial charge in [-0.2, -0.15) is 18.4 Å². The first kappa shape index (κ1) is 22.1. The lowest BCUT2D eigenvalue weighted by atomic mass is 10.1. The van der Waals surface area contributed by atoms with E-state index in [4.69, 9.17) is 0 Å². The quantitative estimate of drug-likeness (QED) is 0.735. The molecule has 0 unspecified atom stereocenters. The van der Waals surface area contributed by atoms with E-state index < -0.39 is 49.2 Å². The van der Waals surface area contributed by atoms with Crippen LogP contribution in [0.5, 0.6) is 0 Å². The fourth-order valence-corrected chi connectivity index (χ4v) is 5.92. The predicted molar refractivity (Wildman–Crippen MR) is 110 cm³/mol. The molecule has 1 amide bonds. The molecule has 10 heteroatoms. The van der Waals surface area contributed by atoms with Gasteiger partial charge in [0.15, 0.2) is 9.84 Å². The van der Waals surface area contributed by atoms with E-state index in [9.17, 15) is 31.6 Å². The summed E-state index contributed by atoms with van der Waals surface area (Å²) in [6, 6.07) is 13.8. The maximum absolute atomic E-state index is 13.5. The van der Waals surface area contributed by atoms with Gasteiger partial charge in [0.1, 0.15) is 11.6 Å². The number of amides is 1. The van der Waals surface area contributed by atoms with Crippen LogP contribution in [0.1, 0.15) is 24.8 Å². The highest BCUT2D eigenvalue weighted by Gasteiger charge is 2.50. The molecule has 1 saturated heterocycles. The van der Waals surface area contributed by atoms with Crippen LogP contribution in [0, 0.1) is 11.3 Å². The monoisotopic (exact) mass is 463 g/mol. The third-order valence-corrected chi connectivity index (χ3v) is 8.11. The number of halogens is 3. The molecule has 2 atom stereocenters. The van der Waals surface area contributed by atoms with Crippen LogP contribution in [0.3, 0.4) is 0 Å². The van der Waals surface area contributed by atoms with Crippen molar-refractivity contribution >= 4 is 21.4 Å². The van der Waals surface area contributed by atoms with Crippen molar-refractivity contribution in [2.24, 2.45) is 0 Å². The fourth-order valence-electron chi connectivity index (χ4n) is 4.01. The van der Waals surface area contributed by atoms with Gasteiger partial charge in [-0.05, 0) is 43.5 Å². The van der Waals surface area contributed by atoms with E-state index in [1.165, 1.54) is 6.07 Å². The zero-order valence-electron chi connectivity index (χ0n) is 16.8. The van der Waals surface area contributed by atoms with Crippen LogP contribution in [0.4, 0.5) is 18.9 Å². The van der Waals surface area contributed by atoms with Crippen molar-refractivity contribution in [3.05, 3.63) is 60.2 Å². The minimum Gasteiger partial charge on any atom is -0.358 e. The van der Waals surface area contributed by atoms with E-state index in [0.717, 1.165) is 18.2 Å². The van der Waals surface area contributed by atoms with Crippen molar-refractivity contribution in [1.82, 2.24) is 5.32 Å². The maximum Gasteiger partial charge on any atom is 0.417 e. The molecule has 0 bridgehead atoms. The van der Waals surface area contributed by atoms with E-state index in [1.807, 2.05) is 0 Å². The standard InChI is InChI=1S/C22H20F3N3O3S/c23-22(24,25)17-8-4-5-9-19(17)32(30,31)16-12-18(20(29)27-21(14-26)10-11-21)28(13-16)15-6-2-1-3-7-15/h1-9,16,18H,10-13H2,(H,27,29)/t16-,18+/m1/s1. The van der Waals surface area contributed by atoms with E-state index >= 15 is 0 Å². The second-order valence-corrected chi connectivity index (χ2v) is 10.3. The van der Waals surface area contributed by atoms with Crippen molar-refractivity contribution in [3.8, 4) is 6.07 Å². The van der Waals surface area contributed by atoms with Gasteiger partial charge in [-0.15, -0.1) is 0 Å². The highest BCUT2D eigenvalue weighted by molar-refractivity contribution is 7.92. The number of rotatable bonds is 5. The molecule has 2 aliphatic rings. The number of carbonyl (C=O) groups excluding carboxylic acids is 1. The number of benzene rings is 2. The van der Waals surface area contributed by atoms with Crippen LogP contribution in [0.2, 0.25) is 0 Å². The third kappa shape index (κ3) is 4.05. The minimum absolute atomic E-state index is 0.143. The Labute approximate surface area is 183 Å². The average molecular weight is 463 g/mol. The Morgan fingerprint density at radius 3 is 2.31 bits per heavy atom. The van der Waals surface area contributed by atoms with Gasteiger partial charge >= 0.3 is 6.18 Å². The summed E-state index contributed by atoms with van der Waals surface area (Å²) < 4.78 is 67.0. The number of nitrogens with zero attached hydrogens (tertiary/aromatic N) is 2. The zero-order chi connectivity index (χ0) is 23.1. The fraction of sp³-hybridized carbons (Fsp3) is 0.364. The summed E-state index contributed by atoms with van der Waals surface area (Å²) in [5, 5.41) is 10.8. The number of carbonyl (C=O) groups is 1. The summed E-state index contributed by atoms with van der Waals surface area (Å²) in [6.07, 6.45) is -4.00. The van der Waals surface area contributed by atoms with Crippen LogP contribution in [0.25, 0.3) is 0 Å². The SMILES string of the molecule is N#CC1(NC(=O)[C@@H]2C[C@@H](S(=O)(=O)c3ccccc3C(F)(F)F)CN2c2ccccc2)CC1. The number of hydrogen-bond donors (Lipinski definition) is 1. The summed E-state index contributed by atoms with van der Waals surface area (Å²) in [6.45, 7) is -0.143. The van der Waals surface area contributed by atoms with E-state index in [-0.39, 0.29) is 13.0 Å². The number of hydrogen-bond acceptors (Lipinski definition) is 5. The van der Waals surface area contributed by atoms with Crippen molar-refractivity contribution in [1.29, 1.82) is 5.26 Å². The Hall–Kier alpha value is -3.06. The predicted octanol–water partition coefficient (Wildman–Crippen LogP) is 3.30. The molecule has 168 valence electrons. The van der Waals surface area contributed by atoms with E-state index in [0.29, 0.717) is 18.5 Å². The van der Waals surface area contributed by atoms with Gasteiger partial charge in [0, 0.05) is 12.2 Å². The lowest BCUT2D eigenvalue weighted by Gasteiger charge is -2.26. The highest BCUT2D eigenvalue weighted by Crippen LogP contribution is 2.39. The second-order valence-electron chi connectivity index (χ2n) is 8.08. The number of nitriles is 1. The first-order chi connectivity index (χ1) is 15.1. The molecule has 1 aliphatic heterocycles. The van der Waals surface area contributed by atoms with Crippen molar-refractivity contribution in [2.75, 3.05) is 11.4 Å². The second kappa shape index (κ2) is 7.81. The molecule has 1 heterocycles. The molecule has 2 fully saturated rings. The van der Waals surface area contributed by atoms with Crippen LogP contribution >= 0.6 is 0 Å². The largest absolute Gasteiger partial charge is 0.417 e. The van der Waals surface area contributed by atoms with Gasteiger partial charge in [0.05, 0.1) is 21.8 Å². The third-order valence-electron chi connectivity index (χ3n) is 5.92. The molecular formula is C22H20F3N3O3S. The van der Waals surface area contributed by atoms with Gasteiger partial charge < -0.3 is 10.2 Å². The Morgan fingerprint density at radius 1 is 1.09 bits per heavy atom. The number of nitrogens with one attached hydrogen (secondary N) is 1. The lowest BCUT2D eigenvalue weighted by Crippen LogP contribution is -2.47. The first-order valence-corrected chi connectivity index (χ1v) is 11.6. The van der Waals surface area contributed by atoms with Crippen LogP contribution in [0.15, 0.2) is 59.5 Å². The Bertz CT molecular complexity index is 1170. The minimum atomic E-state index is -4.83. The molecule has 4 rings (SSSR count). The topological polar surface area (TPSA) is 90.3 Å². The van der Waals surface area contributed by atoms with Gasteiger partial charge in [-0.25, -0.2) is 8.42 Å². The van der Waals surface area contributed by atoms with Crippen LogP contribution < -0.4 is 10.2 Å². The smallest absolute Gasteiger partial charge is 0.358 e. The van der Waals surface area contributed by atoms with E-state index in [2.05, 4.69) is 11.4 Å². The summed E-state index contributed by atoms with van der Waals surface area (Å²) in [4.78, 5) is 13.8. The summed E-state index contributed by atoms with van der Waals surface area (Å²) in [5.41, 5.74) is -1.59. The average Bonchev–Trinajstić information content (AvgIpc) is 3.39. The molecule has 2 aromatic rings. The van der Waals surface area contributed by atoms with Crippen molar-refractivity contribution < 1.29 is 26.4 Å². The summed E-state index contributed by atoms with van der Waals surface area (Å²) in [7, 11) is -4.40. The van der Waals surface area contributed by atoms with Gasteiger partial charge in [-0.1, -0.05) is 30.3 Å². The van der Waals surface area contributed by atoms with Crippen molar-refractivity contribution in [2.45, 2.75) is 47.2 Å².